The van der Waals surface area contributed by atoms with E-state index in [4.69, 9.17) is 11.5 Å². The van der Waals surface area contributed by atoms with Gasteiger partial charge in [0.05, 0.1) is 6.04 Å². The number of unbranched alkanes of at least 4 members (excludes halogenated alkanes) is 2. The molecule has 1 heterocycles. The van der Waals surface area contributed by atoms with Gasteiger partial charge in [0.1, 0.15) is 18.1 Å². The molecule has 1 saturated heterocycles. The lowest BCUT2D eigenvalue weighted by molar-refractivity contribution is -0.142. The number of amides is 3. The van der Waals surface area contributed by atoms with E-state index in [0.717, 1.165) is 18.5 Å². The van der Waals surface area contributed by atoms with Gasteiger partial charge in [-0.2, -0.15) is 0 Å². The highest BCUT2D eigenvalue weighted by molar-refractivity contribution is 5.94. The van der Waals surface area contributed by atoms with Crippen molar-refractivity contribution in [2.45, 2.75) is 82.0 Å². The molecule has 11 heteroatoms. The maximum absolute atomic E-state index is 13.4. The number of benzene rings is 1. The molecule has 0 bridgehead atoms. The van der Waals surface area contributed by atoms with Crippen molar-refractivity contribution in [2.24, 2.45) is 11.5 Å². The summed E-state index contributed by atoms with van der Waals surface area (Å²) in [6.45, 7) is 1.61. The molecule has 9 N–H and O–H groups in total. The molecule has 1 aliphatic rings. The fourth-order valence-corrected chi connectivity index (χ4v) is 4.30. The molecule has 0 radical (unpaired) electrons. The van der Waals surface area contributed by atoms with Gasteiger partial charge in [-0.15, -0.1) is 0 Å². The van der Waals surface area contributed by atoms with E-state index in [9.17, 15) is 24.3 Å². The zero-order valence-corrected chi connectivity index (χ0v) is 21.4. The van der Waals surface area contributed by atoms with E-state index in [-0.39, 0.29) is 24.8 Å². The third-order valence-corrected chi connectivity index (χ3v) is 6.43. The monoisotopic (exact) mass is 518 g/mol. The first kappa shape index (κ1) is 30.2. The van der Waals surface area contributed by atoms with Crippen molar-refractivity contribution >= 4 is 23.7 Å². The molecule has 0 aromatic heterocycles. The van der Waals surface area contributed by atoms with Crippen molar-refractivity contribution in [3.05, 3.63) is 35.9 Å². The van der Waals surface area contributed by atoms with E-state index in [1.54, 1.807) is 0 Å². The average Bonchev–Trinajstić information content (AvgIpc) is 3.43. The molecule has 206 valence electrons. The topological polar surface area (TPSA) is 189 Å². The Morgan fingerprint density at radius 3 is 2.03 bits per heavy atom. The van der Waals surface area contributed by atoms with Gasteiger partial charge in [0.25, 0.3) is 0 Å². The van der Waals surface area contributed by atoms with Crippen LogP contribution in [-0.4, -0.2) is 72.6 Å². The summed E-state index contributed by atoms with van der Waals surface area (Å²) in [5.74, 6) is -2.48. The number of carbonyl (C=O) groups is 4. The zero-order valence-electron chi connectivity index (χ0n) is 21.4. The van der Waals surface area contributed by atoms with Crippen LogP contribution in [0.5, 0.6) is 0 Å². The van der Waals surface area contributed by atoms with Gasteiger partial charge in [0.2, 0.25) is 17.7 Å². The predicted octanol–water partition coefficient (Wildman–Crippen LogP) is -0.222. The van der Waals surface area contributed by atoms with Crippen molar-refractivity contribution in [3.63, 3.8) is 0 Å². The molecule has 0 spiro atoms. The van der Waals surface area contributed by atoms with E-state index >= 15 is 0 Å². The highest BCUT2D eigenvalue weighted by Crippen LogP contribution is 2.10. The van der Waals surface area contributed by atoms with Crippen LogP contribution in [0.2, 0.25) is 0 Å². The third-order valence-electron chi connectivity index (χ3n) is 6.43. The minimum atomic E-state index is -1.14. The molecule has 11 nitrogen and oxygen atoms in total. The minimum absolute atomic E-state index is 0.239. The van der Waals surface area contributed by atoms with Gasteiger partial charge < -0.3 is 37.8 Å². The Morgan fingerprint density at radius 2 is 1.46 bits per heavy atom. The highest BCUT2D eigenvalue weighted by Gasteiger charge is 2.31. The number of rotatable bonds is 17. The lowest BCUT2D eigenvalue weighted by atomic mass is 10.0. The van der Waals surface area contributed by atoms with E-state index in [0.29, 0.717) is 51.6 Å². The lowest BCUT2D eigenvalue weighted by Gasteiger charge is -2.25. The summed E-state index contributed by atoms with van der Waals surface area (Å²) in [5.41, 5.74) is 12.0. The third kappa shape index (κ3) is 10.9. The van der Waals surface area contributed by atoms with Crippen molar-refractivity contribution in [1.29, 1.82) is 0 Å². The first-order chi connectivity index (χ1) is 17.8. The van der Waals surface area contributed by atoms with Crippen LogP contribution in [0.25, 0.3) is 0 Å². The standard InChI is InChI=1S/C26H42N6O5/c27-14-6-4-11-20(24(34)31-21(26(36)37)12-5-7-15-28)30-25(35)22(17-18-9-2-1-3-10-18)32-23(33)19-13-8-16-29-19/h1-3,9-10,19-22,29H,4-8,11-17,27-28H2,(H,30,35)(H,31,34)(H,32,33)(H,36,37). The summed E-state index contributed by atoms with van der Waals surface area (Å²) in [4.78, 5) is 51.0. The van der Waals surface area contributed by atoms with Gasteiger partial charge in [-0.1, -0.05) is 30.3 Å². The number of carboxylic acid groups (broad SMARTS) is 1. The second kappa shape index (κ2) is 16.7. The molecule has 1 aromatic carbocycles. The molecule has 37 heavy (non-hydrogen) atoms. The second-order valence-corrected chi connectivity index (χ2v) is 9.43. The smallest absolute Gasteiger partial charge is 0.326 e. The molecule has 3 amide bonds. The number of hydrogen-bond acceptors (Lipinski definition) is 7. The molecule has 2 rings (SSSR count). The Balaban J connectivity index is 2.14. The largest absolute Gasteiger partial charge is 0.480 e. The molecule has 1 fully saturated rings. The first-order valence-corrected chi connectivity index (χ1v) is 13.2. The summed E-state index contributed by atoms with van der Waals surface area (Å²) in [6, 6.07) is 5.99. The molecular weight excluding hydrogens is 476 g/mol. The number of nitrogens with one attached hydrogen (secondary N) is 4. The van der Waals surface area contributed by atoms with Crippen LogP contribution in [0.3, 0.4) is 0 Å². The van der Waals surface area contributed by atoms with Gasteiger partial charge in [-0.05, 0) is 76.6 Å². The number of aliphatic carboxylic acids is 1. The van der Waals surface area contributed by atoms with E-state index in [1.807, 2.05) is 30.3 Å². The Labute approximate surface area is 218 Å². The lowest BCUT2D eigenvalue weighted by Crippen LogP contribution is -2.57. The van der Waals surface area contributed by atoms with Crippen LogP contribution in [-0.2, 0) is 25.6 Å². The zero-order chi connectivity index (χ0) is 27.0. The van der Waals surface area contributed by atoms with Crippen LogP contribution in [0.4, 0.5) is 0 Å². The maximum atomic E-state index is 13.4. The van der Waals surface area contributed by atoms with Crippen LogP contribution in [0.1, 0.15) is 56.9 Å². The molecule has 1 aliphatic heterocycles. The number of hydrogen-bond donors (Lipinski definition) is 7. The molecule has 4 unspecified atom stereocenters. The summed E-state index contributed by atoms with van der Waals surface area (Å²) in [7, 11) is 0. The molecule has 0 aliphatic carbocycles. The normalized spacial score (nSPS) is 17.4. The molecule has 1 aromatic rings. The van der Waals surface area contributed by atoms with Crippen molar-refractivity contribution in [3.8, 4) is 0 Å². The quantitative estimate of drug-likeness (QED) is 0.138. The van der Waals surface area contributed by atoms with Crippen LogP contribution >= 0.6 is 0 Å². The van der Waals surface area contributed by atoms with Gasteiger partial charge in [-0.25, -0.2) is 4.79 Å². The maximum Gasteiger partial charge on any atom is 0.326 e. The predicted molar refractivity (Wildman–Crippen MR) is 140 cm³/mol. The van der Waals surface area contributed by atoms with Crippen molar-refractivity contribution in [2.75, 3.05) is 19.6 Å². The Kier molecular flexibility index (Phi) is 13.6. The Bertz CT molecular complexity index is 862. The molecule has 0 saturated carbocycles. The van der Waals surface area contributed by atoms with Crippen molar-refractivity contribution in [1.82, 2.24) is 21.3 Å². The minimum Gasteiger partial charge on any atom is -0.480 e. The van der Waals surface area contributed by atoms with Crippen LogP contribution in [0.15, 0.2) is 30.3 Å². The fraction of sp³-hybridized carbons (Fsp3) is 0.615. The Hall–Kier alpha value is -3.02. The van der Waals surface area contributed by atoms with Gasteiger partial charge in [-0.3, -0.25) is 14.4 Å². The van der Waals surface area contributed by atoms with E-state index < -0.39 is 35.9 Å². The number of carboxylic acids is 1. The van der Waals surface area contributed by atoms with Crippen LogP contribution in [0, 0.1) is 0 Å². The Morgan fingerprint density at radius 1 is 0.865 bits per heavy atom. The highest BCUT2D eigenvalue weighted by atomic mass is 16.4. The first-order valence-electron chi connectivity index (χ1n) is 13.2. The fourth-order valence-electron chi connectivity index (χ4n) is 4.30. The summed E-state index contributed by atoms with van der Waals surface area (Å²) >= 11 is 0. The summed E-state index contributed by atoms with van der Waals surface area (Å²) in [6.07, 6.45) is 4.77. The van der Waals surface area contributed by atoms with E-state index in [1.165, 1.54) is 0 Å². The van der Waals surface area contributed by atoms with E-state index in [2.05, 4.69) is 21.3 Å². The van der Waals surface area contributed by atoms with Crippen LogP contribution < -0.4 is 32.7 Å². The second-order valence-electron chi connectivity index (χ2n) is 9.43. The summed E-state index contributed by atoms with van der Waals surface area (Å²) in [5, 5.41) is 20.8. The van der Waals surface area contributed by atoms with Gasteiger partial charge in [0, 0.05) is 6.42 Å². The molecular formula is C26H42N6O5. The average molecular weight is 519 g/mol. The summed E-state index contributed by atoms with van der Waals surface area (Å²) < 4.78 is 0. The van der Waals surface area contributed by atoms with Crippen molar-refractivity contribution < 1.29 is 24.3 Å². The number of carbonyl (C=O) groups excluding carboxylic acids is 3. The van der Waals surface area contributed by atoms with Gasteiger partial charge >= 0.3 is 5.97 Å². The molecule has 4 atom stereocenters. The number of nitrogens with two attached hydrogens (primary N) is 2. The van der Waals surface area contributed by atoms with Gasteiger partial charge in [0.15, 0.2) is 0 Å². The SMILES string of the molecule is NCCCCC(NC(=O)C(CCCCN)NC(=O)C(Cc1ccccc1)NC(=O)C1CCCN1)C(=O)O.